The summed E-state index contributed by atoms with van der Waals surface area (Å²) in [6.07, 6.45) is 1.96. The molecule has 1 heterocycles. The van der Waals surface area contributed by atoms with Gasteiger partial charge in [0.05, 0.1) is 17.7 Å². The van der Waals surface area contributed by atoms with Crippen molar-refractivity contribution < 1.29 is 14.3 Å². The third kappa shape index (κ3) is 4.44. The highest BCUT2D eigenvalue weighted by Gasteiger charge is 2.31. The minimum atomic E-state index is -0.253. The molecule has 6 nitrogen and oxygen atoms in total. The molecule has 0 aromatic heterocycles. The van der Waals surface area contributed by atoms with Gasteiger partial charge in [-0.05, 0) is 37.6 Å². The smallest absolute Gasteiger partial charge is 0.323 e. The molecule has 0 unspecified atom stereocenters. The molecule has 1 aromatic rings. The van der Waals surface area contributed by atoms with E-state index in [0.29, 0.717) is 22.8 Å². The van der Waals surface area contributed by atoms with Crippen LogP contribution < -0.4 is 5.32 Å². The monoisotopic (exact) mass is 335 g/mol. The number of nitrogens with zero attached hydrogens (tertiary/aromatic N) is 2. The van der Waals surface area contributed by atoms with Crippen molar-refractivity contribution in [1.82, 2.24) is 4.90 Å². The average Bonchev–Trinajstić information content (AvgIpc) is 3.01. The van der Waals surface area contributed by atoms with Gasteiger partial charge in [-0.2, -0.15) is 5.26 Å². The van der Waals surface area contributed by atoms with Crippen molar-refractivity contribution in [3.63, 3.8) is 0 Å². The van der Waals surface area contributed by atoms with Crippen LogP contribution in [0.5, 0.6) is 0 Å². The molecule has 23 heavy (non-hydrogen) atoms. The number of nitrogens with one attached hydrogen (secondary N) is 1. The highest BCUT2D eigenvalue weighted by atomic mass is 35.5. The van der Waals surface area contributed by atoms with Gasteiger partial charge in [0, 0.05) is 18.7 Å². The maximum atomic E-state index is 12.0. The van der Waals surface area contributed by atoms with Crippen molar-refractivity contribution in [2.24, 2.45) is 0 Å². The quantitative estimate of drug-likeness (QED) is 0.834. The lowest BCUT2D eigenvalue weighted by Crippen LogP contribution is -2.38. The van der Waals surface area contributed by atoms with Crippen LogP contribution in [0.15, 0.2) is 18.2 Å². The largest absolute Gasteiger partial charge is 0.468 e. The Hall–Kier alpha value is -2.10. The lowest BCUT2D eigenvalue weighted by Gasteiger charge is -2.21. The van der Waals surface area contributed by atoms with Crippen LogP contribution in [-0.2, 0) is 14.3 Å². The molecule has 1 saturated heterocycles. The van der Waals surface area contributed by atoms with Crippen LogP contribution in [0.4, 0.5) is 5.69 Å². The van der Waals surface area contributed by atoms with Crippen LogP contribution in [-0.4, -0.2) is 43.0 Å². The van der Waals surface area contributed by atoms with E-state index in [4.69, 9.17) is 21.6 Å². The number of benzene rings is 1. The number of carbonyl (C=O) groups excluding carboxylic acids is 2. The number of hydrogen-bond donors (Lipinski definition) is 1. The number of ether oxygens (including phenoxy) is 1. The first kappa shape index (κ1) is 17.3. The number of amides is 1. The summed E-state index contributed by atoms with van der Waals surface area (Å²) < 4.78 is 4.78. The number of rotatable bonds is 5. The fraction of sp³-hybridized carbons (Fsp3) is 0.438. The summed E-state index contributed by atoms with van der Waals surface area (Å²) in [6, 6.07) is 6.45. The molecule has 0 saturated carbocycles. The second-order valence-electron chi connectivity index (χ2n) is 5.32. The first-order valence-corrected chi connectivity index (χ1v) is 7.74. The number of hydrogen-bond acceptors (Lipinski definition) is 5. The van der Waals surface area contributed by atoms with Gasteiger partial charge in [-0.1, -0.05) is 11.6 Å². The molecule has 1 aliphatic rings. The number of anilines is 1. The van der Waals surface area contributed by atoms with E-state index in [9.17, 15) is 9.59 Å². The molecule has 1 atom stereocenters. The maximum Gasteiger partial charge on any atom is 0.323 e. The summed E-state index contributed by atoms with van der Waals surface area (Å²) in [5.74, 6) is -0.414. The van der Waals surface area contributed by atoms with E-state index in [-0.39, 0.29) is 24.3 Å². The Morgan fingerprint density at radius 3 is 2.96 bits per heavy atom. The zero-order valence-electron chi connectivity index (χ0n) is 12.8. The predicted octanol–water partition coefficient (Wildman–Crippen LogP) is 2.18. The lowest BCUT2D eigenvalue weighted by atomic mass is 10.2. The summed E-state index contributed by atoms with van der Waals surface area (Å²) in [6.45, 7) is 1.28. The summed E-state index contributed by atoms with van der Waals surface area (Å²) in [5.41, 5.74) is 0.910. The first-order valence-electron chi connectivity index (χ1n) is 7.36. The number of likely N-dealkylation sites (tertiary alicyclic amines) is 1. The van der Waals surface area contributed by atoms with Gasteiger partial charge in [-0.25, -0.2) is 0 Å². The number of halogens is 1. The number of methoxy groups -OCH3 is 1. The zero-order chi connectivity index (χ0) is 16.8. The third-order valence-corrected chi connectivity index (χ3v) is 4.15. The molecule has 1 amide bonds. The van der Waals surface area contributed by atoms with Crippen molar-refractivity contribution >= 4 is 29.2 Å². The Labute approximate surface area is 140 Å². The number of carbonyl (C=O) groups is 2. The van der Waals surface area contributed by atoms with E-state index < -0.39 is 0 Å². The van der Waals surface area contributed by atoms with E-state index in [1.807, 2.05) is 11.0 Å². The lowest BCUT2D eigenvalue weighted by molar-refractivity contribution is -0.146. The SMILES string of the molecule is COC(=O)[C@@H]1CCCN1CCC(=O)Nc1ccc(C#N)c(Cl)c1. The van der Waals surface area contributed by atoms with E-state index in [1.165, 1.54) is 7.11 Å². The van der Waals surface area contributed by atoms with Gasteiger partial charge < -0.3 is 10.1 Å². The van der Waals surface area contributed by atoms with Gasteiger partial charge in [0.15, 0.2) is 0 Å². The van der Waals surface area contributed by atoms with Gasteiger partial charge in [0.25, 0.3) is 0 Å². The minimum absolute atomic E-state index is 0.165. The molecule has 0 bridgehead atoms. The minimum Gasteiger partial charge on any atom is -0.468 e. The molecule has 0 aliphatic carbocycles. The van der Waals surface area contributed by atoms with E-state index in [1.54, 1.807) is 18.2 Å². The Morgan fingerprint density at radius 2 is 2.30 bits per heavy atom. The van der Waals surface area contributed by atoms with Crippen molar-refractivity contribution in [3.05, 3.63) is 28.8 Å². The van der Waals surface area contributed by atoms with Crippen LogP contribution in [0.25, 0.3) is 0 Å². The van der Waals surface area contributed by atoms with Crippen LogP contribution in [0.2, 0.25) is 5.02 Å². The fourth-order valence-corrected chi connectivity index (χ4v) is 2.87. The van der Waals surface area contributed by atoms with Crippen LogP contribution in [0, 0.1) is 11.3 Å². The standard InChI is InChI=1S/C16H18ClN3O3/c1-23-16(22)14-3-2-7-20(14)8-6-15(21)19-12-5-4-11(10-18)13(17)9-12/h4-5,9,14H,2-3,6-8H2,1H3,(H,19,21)/t14-/m0/s1. The number of esters is 1. The summed E-state index contributed by atoms with van der Waals surface area (Å²) in [7, 11) is 1.38. The average molecular weight is 336 g/mol. The molecule has 0 radical (unpaired) electrons. The van der Waals surface area contributed by atoms with Gasteiger partial charge >= 0.3 is 5.97 Å². The molecule has 7 heteroatoms. The molecular formula is C16H18ClN3O3. The Bertz CT molecular complexity index is 642. The molecule has 122 valence electrons. The molecule has 1 aromatic carbocycles. The Balaban J connectivity index is 1.87. The van der Waals surface area contributed by atoms with Crippen molar-refractivity contribution in [2.45, 2.75) is 25.3 Å². The Kier molecular flexibility index (Phi) is 5.97. The molecule has 2 rings (SSSR count). The van der Waals surface area contributed by atoms with Gasteiger partial charge in [-0.3, -0.25) is 14.5 Å². The van der Waals surface area contributed by atoms with Crippen LogP contribution in [0.3, 0.4) is 0 Å². The molecule has 1 fully saturated rings. The maximum absolute atomic E-state index is 12.0. The van der Waals surface area contributed by atoms with Gasteiger partial charge in [0.2, 0.25) is 5.91 Å². The fourth-order valence-electron chi connectivity index (χ4n) is 2.65. The highest BCUT2D eigenvalue weighted by Crippen LogP contribution is 2.21. The molecule has 0 spiro atoms. The van der Waals surface area contributed by atoms with E-state index >= 15 is 0 Å². The van der Waals surface area contributed by atoms with Crippen LogP contribution in [0.1, 0.15) is 24.8 Å². The van der Waals surface area contributed by atoms with E-state index in [2.05, 4.69) is 5.32 Å². The normalized spacial score (nSPS) is 17.5. The van der Waals surface area contributed by atoms with Crippen molar-refractivity contribution in [2.75, 3.05) is 25.5 Å². The molecule has 1 aliphatic heterocycles. The second kappa shape index (κ2) is 7.95. The highest BCUT2D eigenvalue weighted by molar-refractivity contribution is 6.32. The van der Waals surface area contributed by atoms with E-state index in [0.717, 1.165) is 19.4 Å². The first-order chi connectivity index (χ1) is 11.0. The van der Waals surface area contributed by atoms with Crippen molar-refractivity contribution in [3.8, 4) is 6.07 Å². The van der Waals surface area contributed by atoms with Crippen LogP contribution >= 0.6 is 11.6 Å². The molecule has 1 N–H and O–H groups in total. The summed E-state index contributed by atoms with van der Waals surface area (Å²) >= 11 is 5.93. The Morgan fingerprint density at radius 1 is 1.52 bits per heavy atom. The number of nitriles is 1. The molecular weight excluding hydrogens is 318 g/mol. The summed E-state index contributed by atoms with van der Waals surface area (Å²) in [4.78, 5) is 25.6. The summed E-state index contributed by atoms with van der Waals surface area (Å²) in [5, 5.41) is 11.9. The zero-order valence-corrected chi connectivity index (χ0v) is 13.6. The predicted molar refractivity (Wildman–Crippen MR) is 86.0 cm³/mol. The van der Waals surface area contributed by atoms with Crippen molar-refractivity contribution in [1.29, 1.82) is 5.26 Å². The van der Waals surface area contributed by atoms with Gasteiger partial charge in [0.1, 0.15) is 12.1 Å². The second-order valence-corrected chi connectivity index (χ2v) is 5.73. The van der Waals surface area contributed by atoms with Gasteiger partial charge in [-0.15, -0.1) is 0 Å². The third-order valence-electron chi connectivity index (χ3n) is 3.84. The topological polar surface area (TPSA) is 82.4 Å².